The SMILES string of the molecule is COC(=O)C1=C(Nc2ccc(-n3cc(C(F)(F)F)cn3)cc2)C(=O)N(CCO)C1. The summed E-state index contributed by atoms with van der Waals surface area (Å²) in [5.41, 5.74) is 0.0990. The highest BCUT2D eigenvalue weighted by Crippen LogP contribution is 2.29. The molecule has 1 aromatic carbocycles. The van der Waals surface area contributed by atoms with Crippen molar-refractivity contribution in [1.29, 1.82) is 0 Å². The average molecular weight is 410 g/mol. The monoisotopic (exact) mass is 410 g/mol. The summed E-state index contributed by atoms with van der Waals surface area (Å²) in [5, 5.41) is 15.6. The lowest BCUT2D eigenvalue weighted by Crippen LogP contribution is -2.31. The molecule has 1 amide bonds. The lowest BCUT2D eigenvalue weighted by molar-refractivity contribution is -0.138. The quantitative estimate of drug-likeness (QED) is 0.702. The molecule has 0 bridgehead atoms. The Labute approximate surface area is 163 Å². The summed E-state index contributed by atoms with van der Waals surface area (Å²) in [5.74, 6) is -1.14. The van der Waals surface area contributed by atoms with E-state index in [1.807, 2.05) is 0 Å². The Kier molecular flexibility index (Phi) is 5.59. The van der Waals surface area contributed by atoms with E-state index < -0.39 is 23.6 Å². The van der Waals surface area contributed by atoms with Gasteiger partial charge in [-0.1, -0.05) is 0 Å². The summed E-state index contributed by atoms with van der Waals surface area (Å²) in [7, 11) is 1.19. The van der Waals surface area contributed by atoms with Crippen LogP contribution < -0.4 is 5.32 Å². The van der Waals surface area contributed by atoms with Crippen molar-refractivity contribution in [3.63, 3.8) is 0 Å². The van der Waals surface area contributed by atoms with Gasteiger partial charge in [-0.3, -0.25) is 4.79 Å². The van der Waals surface area contributed by atoms with Crippen LogP contribution in [0.2, 0.25) is 0 Å². The first-order valence-electron chi connectivity index (χ1n) is 8.45. The lowest BCUT2D eigenvalue weighted by atomic mass is 10.2. The van der Waals surface area contributed by atoms with Crippen LogP contribution in [0, 0.1) is 0 Å². The molecule has 1 aliphatic rings. The number of hydrogen-bond acceptors (Lipinski definition) is 6. The molecule has 154 valence electrons. The first-order chi connectivity index (χ1) is 13.7. The van der Waals surface area contributed by atoms with Gasteiger partial charge < -0.3 is 20.1 Å². The number of carbonyl (C=O) groups is 2. The predicted molar refractivity (Wildman–Crippen MR) is 94.9 cm³/mol. The maximum atomic E-state index is 12.7. The topological polar surface area (TPSA) is 96.7 Å². The number of carbonyl (C=O) groups excluding carboxylic acids is 2. The van der Waals surface area contributed by atoms with E-state index in [4.69, 9.17) is 9.84 Å². The number of methoxy groups -OCH3 is 1. The average Bonchev–Trinajstić information content (AvgIpc) is 3.29. The smallest absolute Gasteiger partial charge is 0.419 e. The molecule has 0 saturated heterocycles. The van der Waals surface area contributed by atoms with Crippen LogP contribution in [0.4, 0.5) is 18.9 Å². The fourth-order valence-electron chi connectivity index (χ4n) is 2.80. The molecular formula is C18H17F3N4O4. The molecule has 2 N–H and O–H groups in total. The number of aliphatic hydroxyl groups excluding tert-OH is 1. The number of nitrogens with zero attached hydrogens (tertiary/aromatic N) is 3. The number of esters is 1. The standard InChI is InChI=1S/C18H17F3N4O4/c1-29-17(28)14-10-24(6-7-26)16(27)15(14)23-12-2-4-13(5-3-12)25-9-11(8-22-25)18(19,20)21/h2-5,8-9,23,26H,6-7,10H2,1H3. The third-order valence-corrected chi connectivity index (χ3v) is 4.26. The molecule has 0 aliphatic carbocycles. The molecule has 0 spiro atoms. The highest BCUT2D eigenvalue weighted by Gasteiger charge is 2.34. The number of ether oxygens (including phenoxy) is 1. The Morgan fingerprint density at radius 1 is 1.31 bits per heavy atom. The maximum Gasteiger partial charge on any atom is 0.419 e. The Morgan fingerprint density at radius 3 is 2.55 bits per heavy atom. The minimum atomic E-state index is -4.49. The molecule has 1 aromatic heterocycles. The summed E-state index contributed by atoms with van der Waals surface area (Å²) in [6.07, 6.45) is -2.89. The van der Waals surface area contributed by atoms with E-state index in [2.05, 4.69) is 10.4 Å². The van der Waals surface area contributed by atoms with Crippen LogP contribution in [0.5, 0.6) is 0 Å². The minimum absolute atomic E-state index is 0.00000998. The molecule has 29 heavy (non-hydrogen) atoms. The fraction of sp³-hybridized carbons (Fsp3) is 0.278. The molecule has 2 heterocycles. The number of β-amino-alcohol motifs (C(OH)–C–C–N with tert-alkyl or cyclic N) is 1. The number of aromatic nitrogens is 2. The predicted octanol–water partition coefficient (Wildman–Crippen LogP) is 1.56. The van der Waals surface area contributed by atoms with Gasteiger partial charge in [0.15, 0.2) is 0 Å². The molecular weight excluding hydrogens is 393 g/mol. The number of rotatable bonds is 6. The van der Waals surface area contributed by atoms with E-state index in [-0.39, 0.29) is 31.0 Å². The summed E-state index contributed by atoms with van der Waals surface area (Å²) < 4.78 is 43.9. The second-order valence-corrected chi connectivity index (χ2v) is 6.14. The molecule has 0 saturated carbocycles. The number of anilines is 1. The van der Waals surface area contributed by atoms with Crippen LogP contribution >= 0.6 is 0 Å². The maximum absolute atomic E-state index is 12.7. The summed E-state index contributed by atoms with van der Waals surface area (Å²) in [6.45, 7) is -0.198. The van der Waals surface area contributed by atoms with Crippen molar-refractivity contribution in [3.8, 4) is 5.69 Å². The molecule has 1 aliphatic heterocycles. The number of hydrogen-bond donors (Lipinski definition) is 2. The highest BCUT2D eigenvalue weighted by atomic mass is 19.4. The first-order valence-corrected chi connectivity index (χ1v) is 8.45. The number of halogens is 3. The summed E-state index contributed by atoms with van der Waals surface area (Å²) in [6, 6.07) is 6.10. The Bertz CT molecular complexity index is 951. The molecule has 0 atom stereocenters. The first kappa shape index (κ1) is 20.4. The summed E-state index contributed by atoms with van der Waals surface area (Å²) in [4.78, 5) is 25.7. The molecule has 0 unspecified atom stereocenters. The van der Waals surface area contributed by atoms with Gasteiger partial charge in [0.1, 0.15) is 5.70 Å². The van der Waals surface area contributed by atoms with Crippen LogP contribution in [-0.4, -0.2) is 58.5 Å². The van der Waals surface area contributed by atoms with E-state index in [0.717, 1.165) is 17.1 Å². The second-order valence-electron chi connectivity index (χ2n) is 6.14. The van der Waals surface area contributed by atoms with Gasteiger partial charge in [-0.15, -0.1) is 0 Å². The van der Waals surface area contributed by atoms with Crippen LogP contribution in [0.3, 0.4) is 0 Å². The van der Waals surface area contributed by atoms with E-state index in [1.54, 1.807) is 0 Å². The normalized spacial score (nSPS) is 14.5. The van der Waals surface area contributed by atoms with E-state index in [9.17, 15) is 22.8 Å². The van der Waals surface area contributed by atoms with Gasteiger partial charge in [0, 0.05) is 18.4 Å². The third-order valence-electron chi connectivity index (χ3n) is 4.26. The number of aliphatic hydroxyl groups is 1. The van der Waals surface area contributed by atoms with Crippen molar-refractivity contribution in [2.24, 2.45) is 0 Å². The second kappa shape index (κ2) is 7.95. The zero-order chi connectivity index (χ0) is 21.2. The largest absolute Gasteiger partial charge is 0.466 e. The van der Waals surface area contributed by atoms with Crippen LogP contribution in [-0.2, 0) is 20.5 Å². The van der Waals surface area contributed by atoms with Crippen molar-refractivity contribution in [3.05, 3.63) is 53.5 Å². The van der Waals surface area contributed by atoms with Crippen molar-refractivity contribution >= 4 is 17.6 Å². The molecule has 0 radical (unpaired) electrons. The number of alkyl halides is 3. The zero-order valence-corrected chi connectivity index (χ0v) is 15.2. The lowest BCUT2D eigenvalue weighted by Gasteiger charge is -2.15. The molecule has 11 heteroatoms. The van der Waals surface area contributed by atoms with Gasteiger partial charge in [0.05, 0.1) is 43.3 Å². The van der Waals surface area contributed by atoms with Crippen LogP contribution in [0.1, 0.15) is 5.56 Å². The van der Waals surface area contributed by atoms with E-state index >= 15 is 0 Å². The van der Waals surface area contributed by atoms with Crippen LogP contribution in [0.15, 0.2) is 47.9 Å². The fourth-order valence-corrected chi connectivity index (χ4v) is 2.80. The zero-order valence-electron chi connectivity index (χ0n) is 15.2. The van der Waals surface area contributed by atoms with Crippen molar-refractivity contribution in [2.75, 3.05) is 32.1 Å². The Hall–Kier alpha value is -3.34. The number of benzene rings is 1. The molecule has 8 nitrogen and oxygen atoms in total. The highest BCUT2D eigenvalue weighted by molar-refractivity contribution is 6.08. The Morgan fingerprint density at radius 2 is 2.00 bits per heavy atom. The molecule has 0 fully saturated rings. The minimum Gasteiger partial charge on any atom is -0.466 e. The molecule has 2 aromatic rings. The van der Waals surface area contributed by atoms with Gasteiger partial charge >= 0.3 is 12.1 Å². The Balaban J connectivity index is 1.81. The third kappa shape index (κ3) is 4.24. The van der Waals surface area contributed by atoms with Gasteiger partial charge in [-0.05, 0) is 24.3 Å². The van der Waals surface area contributed by atoms with E-state index in [0.29, 0.717) is 11.4 Å². The van der Waals surface area contributed by atoms with Gasteiger partial charge in [-0.25, -0.2) is 9.48 Å². The van der Waals surface area contributed by atoms with Gasteiger partial charge in [0.25, 0.3) is 5.91 Å². The summed E-state index contributed by atoms with van der Waals surface area (Å²) >= 11 is 0. The van der Waals surface area contributed by atoms with Crippen molar-refractivity contribution < 1.29 is 32.6 Å². The van der Waals surface area contributed by atoms with Gasteiger partial charge in [0.2, 0.25) is 0 Å². The van der Waals surface area contributed by atoms with E-state index in [1.165, 1.54) is 36.3 Å². The van der Waals surface area contributed by atoms with Crippen molar-refractivity contribution in [1.82, 2.24) is 14.7 Å². The molecule has 3 rings (SSSR count). The number of amides is 1. The van der Waals surface area contributed by atoms with Gasteiger partial charge in [-0.2, -0.15) is 18.3 Å². The van der Waals surface area contributed by atoms with Crippen LogP contribution in [0.25, 0.3) is 5.69 Å². The van der Waals surface area contributed by atoms with Crippen molar-refractivity contribution in [2.45, 2.75) is 6.18 Å². The number of nitrogens with one attached hydrogen (secondary N) is 1.